The number of hydrogen-bond donors (Lipinski definition) is 1. The Morgan fingerprint density at radius 1 is 0.824 bits per heavy atom. The van der Waals surface area contributed by atoms with E-state index >= 15 is 0 Å². The molecule has 0 aliphatic heterocycles. The largest absolute Gasteiger partial charge is 0.493 e. The van der Waals surface area contributed by atoms with Gasteiger partial charge in [-0.2, -0.15) is 0 Å². The van der Waals surface area contributed by atoms with Crippen molar-refractivity contribution in [3.05, 3.63) is 117 Å². The van der Waals surface area contributed by atoms with E-state index in [0.717, 1.165) is 46.7 Å². The van der Waals surface area contributed by atoms with Gasteiger partial charge in [-0.3, -0.25) is 13.9 Å². The molecule has 12 heteroatoms. The summed E-state index contributed by atoms with van der Waals surface area (Å²) in [6.45, 7) is 3.10. The molecule has 0 spiro atoms. The quantitative estimate of drug-likeness (QED) is 0.143. The molecule has 270 valence electrons. The van der Waals surface area contributed by atoms with E-state index in [9.17, 15) is 18.0 Å². The molecule has 1 saturated carbocycles. The van der Waals surface area contributed by atoms with Crippen LogP contribution in [0.3, 0.4) is 0 Å². The second kappa shape index (κ2) is 16.8. The van der Waals surface area contributed by atoms with E-state index in [4.69, 9.17) is 32.7 Å². The second-order valence-corrected chi connectivity index (χ2v) is 15.5. The highest BCUT2D eigenvalue weighted by molar-refractivity contribution is 7.92. The number of benzene rings is 4. The molecule has 0 radical (unpaired) electrons. The molecule has 0 saturated heterocycles. The predicted octanol–water partition coefficient (Wildman–Crippen LogP) is 7.52. The number of methoxy groups -OCH3 is 2. The third kappa shape index (κ3) is 9.36. The van der Waals surface area contributed by atoms with Crippen molar-refractivity contribution in [2.24, 2.45) is 0 Å². The first kappa shape index (κ1) is 38.0. The van der Waals surface area contributed by atoms with Gasteiger partial charge in [-0.05, 0) is 85.3 Å². The lowest BCUT2D eigenvalue weighted by Crippen LogP contribution is -2.54. The van der Waals surface area contributed by atoms with Crippen LogP contribution in [0, 0.1) is 13.8 Å². The van der Waals surface area contributed by atoms with Crippen LogP contribution in [0.2, 0.25) is 10.0 Å². The molecule has 51 heavy (non-hydrogen) atoms. The standard InChI is InChI=1S/C39H43Cl2N3O6S/c1-26-18-27(2)20-31(19-26)44(51(47,48)32-15-17-36(49-3)37(23-32)50-4)25-38(45)43(24-29-14-16-33(40)34(41)21-29)35(22-28-10-6-5-7-11-28)39(46)42-30-12-8-9-13-30/h5-7,10-11,14-21,23,30,35H,8-9,12-13,22,24-25H2,1-4H3,(H,42,46). The van der Waals surface area contributed by atoms with Crippen molar-refractivity contribution < 1.29 is 27.5 Å². The predicted molar refractivity (Wildman–Crippen MR) is 201 cm³/mol. The van der Waals surface area contributed by atoms with Crippen LogP contribution < -0.4 is 19.1 Å². The fraction of sp³-hybridized carbons (Fsp3) is 0.333. The number of nitrogens with zero attached hydrogens (tertiary/aromatic N) is 2. The Kier molecular flexibility index (Phi) is 12.5. The molecule has 1 unspecified atom stereocenters. The van der Waals surface area contributed by atoms with Gasteiger partial charge in [0.2, 0.25) is 11.8 Å². The maximum atomic E-state index is 14.9. The lowest BCUT2D eigenvalue weighted by atomic mass is 10.0. The molecule has 0 heterocycles. The summed E-state index contributed by atoms with van der Waals surface area (Å²) in [5, 5.41) is 3.83. The van der Waals surface area contributed by atoms with Crippen LogP contribution in [0.1, 0.15) is 47.9 Å². The van der Waals surface area contributed by atoms with Gasteiger partial charge in [0.1, 0.15) is 12.6 Å². The number of ether oxygens (including phenoxy) is 2. The summed E-state index contributed by atoms with van der Waals surface area (Å²) in [6.07, 6.45) is 3.94. The molecule has 1 aliphatic carbocycles. The van der Waals surface area contributed by atoms with Crippen molar-refractivity contribution in [3.63, 3.8) is 0 Å². The lowest BCUT2D eigenvalue weighted by Gasteiger charge is -2.34. The Hall–Kier alpha value is -4.25. The molecule has 4 aromatic carbocycles. The molecule has 1 N–H and O–H groups in total. The summed E-state index contributed by atoms with van der Waals surface area (Å²) in [6, 6.07) is 23.2. The number of anilines is 1. The van der Waals surface area contributed by atoms with E-state index < -0.39 is 28.5 Å². The average molecular weight is 753 g/mol. The third-order valence-electron chi connectivity index (χ3n) is 9.03. The van der Waals surface area contributed by atoms with Crippen LogP contribution in [0.4, 0.5) is 5.69 Å². The molecule has 1 atom stereocenters. The van der Waals surface area contributed by atoms with Crippen LogP contribution in [0.15, 0.2) is 89.8 Å². The van der Waals surface area contributed by atoms with Crippen molar-refractivity contribution in [1.29, 1.82) is 0 Å². The van der Waals surface area contributed by atoms with E-state index in [1.54, 1.807) is 30.3 Å². The number of halogens is 2. The number of nitrogens with one attached hydrogen (secondary N) is 1. The van der Waals surface area contributed by atoms with Gasteiger partial charge in [0.05, 0.1) is 34.8 Å². The molecule has 1 aliphatic rings. The van der Waals surface area contributed by atoms with E-state index in [1.165, 1.54) is 37.3 Å². The summed E-state index contributed by atoms with van der Waals surface area (Å²) in [7, 11) is -1.49. The zero-order chi connectivity index (χ0) is 36.7. The van der Waals surface area contributed by atoms with Crippen LogP contribution in [-0.2, 0) is 32.6 Å². The van der Waals surface area contributed by atoms with E-state index in [-0.39, 0.29) is 35.6 Å². The van der Waals surface area contributed by atoms with E-state index in [1.807, 2.05) is 50.2 Å². The Morgan fingerprint density at radius 3 is 2.12 bits per heavy atom. The topological polar surface area (TPSA) is 105 Å². The lowest BCUT2D eigenvalue weighted by molar-refractivity contribution is -0.140. The van der Waals surface area contributed by atoms with Gasteiger partial charge in [0.25, 0.3) is 10.0 Å². The highest BCUT2D eigenvalue weighted by atomic mass is 35.5. The number of amides is 2. The maximum Gasteiger partial charge on any atom is 0.264 e. The van der Waals surface area contributed by atoms with Gasteiger partial charge in [-0.25, -0.2) is 8.42 Å². The van der Waals surface area contributed by atoms with Crippen LogP contribution in [-0.4, -0.2) is 58.0 Å². The molecule has 1 fully saturated rings. The highest BCUT2D eigenvalue weighted by Crippen LogP contribution is 2.33. The fourth-order valence-corrected chi connectivity index (χ4v) is 8.22. The Bertz CT molecular complexity index is 1950. The number of carbonyl (C=O) groups is 2. The van der Waals surface area contributed by atoms with Crippen LogP contribution >= 0.6 is 23.2 Å². The van der Waals surface area contributed by atoms with Crippen molar-refractivity contribution >= 4 is 50.7 Å². The highest BCUT2D eigenvalue weighted by Gasteiger charge is 2.36. The first-order chi connectivity index (χ1) is 24.4. The van der Waals surface area contributed by atoms with Crippen molar-refractivity contribution in [1.82, 2.24) is 10.2 Å². The average Bonchev–Trinajstić information content (AvgIpc) is 3.62. The van der Waals surface area contributed by atoms with Crippen molar-refractivity contribution in [3.8, 4) is 11.5 Å². The Balaban J connectivity index is 1.61. The van der Waals surface area contributed by atoms with E-state index in [0.29, 0.717) is 27.0 Å². The summed E-state index contributed by atoms with van der Waals surface area (Å²) in [4.78, 5) is 30.5. The smallest absolute Gasteiger partial charge is 0.264 e. The Morgan fingerprint density at radius 2 is 1.49 bits per heavy atom. The van der Waals surface area contributed by atoms with Crippen LogP contribution in [0.5, 0.6) is 11.5 Å². The van der Waals surface area contributed by atoms with Gasteiger partial charge in [-0.1, -0.05) is 78.5 Å². The van der Waals surface area contributed by atoms with Gasteiger partial charge >= 0.3 is 0 Å². The third-order valence-corrected chi connectivity index (χ3v) is 11.5. The summed E-state index contributed by atoms with van der Waals surface area (Å²) in [5.41, 5.74) is 3.41. The van der Waals surface area contributed by atoms with Gasteiger partial charge < -0.3 is 19.7 Å². The van der Waals surface area contributed by atoms with E-state index in [2.05, 4.69) is 5.32 Å². The zero-order valence-electron chi connectivity index (χ0n) is 29.2. The van der Waals surface area contributed by atoms with Crippen molar-refractivity contribution in [2.45, 2.75) is 69.5 Å². The minimum Gasteiger partial charge on any atom is -0.493 e. The molecule has 9 nitrogen and oxygen atoms in total. The SMILES string of the molecule is COc1ccc(S(=O)(=O)N(CC(=O)N(Cc2ccc(Cl)c(Cl)c2)C(Cc2ccccc2)C(=O)NC2CCCC2)c2cc(C)cc(C)c2)cc1OC. The maximum absolute atomic E-state index is 14.9. The summed E-state index contributed by atoms with van der Waals surface area (Å²) >= 11 is 12.6. The number of hydrogen-bond acceptors (Lipinski definition) is 6. The normalized spacial score (nSPS) is 13.8. The first-order valence-electron chi connectivity index (χ1n) is 16.8. The molecule has 5 rings (SSSR count). The monoisotopic (exact) mass is 751 g/mol. The van der Waals surface area contributed by atoms with Gasteiger partial charge in [-0.15, -0.1) is 0 Å². The van der Waals surface area contributed by atoms with Crippen LogP contribution in [0.25, 0.3) is 0 Å². The zero-order valence-corrected chi connectivity index (χ0v) is 31.5. The van der Waals surface area contributed by atoms with Gasteiger partial charge in [0, 0.05) is 25.1 Å². The summed E-state index contributed by atoms with van der Waals surface area (Å²) in [5.74, 6) is -0.306. The van der Waals surface area contributed by atoms with Gasteiger partial charge in [0.15, 0.2) is 11.5 Å². The first-order valence-corrected chi connectivity index (χ1v) is 19.0. The minimum absolute atomic E-state index is 0.00472. The molecular formula is C39H43Cl2N3O6S. The number of rotatable bonds is 14. The molecule has 2 amide bonds. The molecular weight excluding hydrogens is 709 g/mol. The fourth-order valence-electron chi connectivity index (χ4n) is 6.48. The second-order valence-electron chi connectivity index (χ2n) is 12.8. The summed E-state index contributed by atoms with van der Waals surface area (Å²) < 4.78 is 41.0. The number of carbonyl (C=O) groups excluding carboxylic acids is 2. The molecule has 0 aromatic heterocycles. The minimum atomic E-state index is -4.37. The van der Waals surface area contributed by atoms with Crippen molar-refractivity contribution in [2.75, 3.05) is 25.1 Å². The number of sulfonamides is 1. The Labute approximate surface area is 310 Å². The molecule has 4 aromatic rings. The number of aryl methyl sites for hydroxylation is 2. The molecule has 0 bridgehead atoms.